The van der Waals surface area contributed by atoms with Crippen LogP contribution >= 0.6 is 0 Å². The molecule has 0 saturated heterocycles. The molecule has 1 aromatic heterocycles. The van der Waals surface area contributed by atoms with Crippen LogP contribution in [-0.4, -0.2) is 30.3 Å². The molecule has 3 aromatic carbocycles. The Hall–Kier alpha value is -3.80. The largest absolute Gasteiger partial charge is 0.497 e. The predicted molar refractivity (Wildman–Crippen MR) is 121 cm³/mol. The van der Waals surface area contributed by atoms with Crippen LogP contribution in [0.15, 0.2) is 79.0 Å². The van der Waals surface area contributed by atoms with Gasteiger partial charge in [0.25, 0.3) is 0 Å². The zero-order valence-electron chi connectivity index (χ0n) is 17.5. The van der Waals surface area contributed by atoms with Crippen LogP contribution in [-0.2, 0) is 6.54 Å². The van der Waals surface area contributed by atoms with Crippen molar-refractivity contribution in [3.8, 4) is 11.5 Å². The molecule has 0 aliphatic heterocycles. The number of methoxy groups -OCH3 is 2. The fourth-order valence-electron chi connectivity index (χ4n) is 4.00. The van der Waals surface area contributed by atoms with Gasteiger partial charge in [0.15, 0.2) is 0 Å². The Balaban J connectivity index is 1.74. The zero-order chi connectivity index (χ0) is 21.8. The highest BCUT2D eigenvalue weighted by molar-refractivity contribution is 5.81. The summed E-state index contributed by atoms with van der Waals surface area (Å²) < 4.78 is 13.0. The van der Waals surface area contributed by atoms with Crippen molar-refractivity contribution in [3.05, 3.63) is 106 Å². The van der Waals surface area contributed by atoms with E-state index in [9.17, 15) is 10.1 Å². The van der Waals surface area contributed by atoms with E-state index >= 15 is 0 Å². The lowest BCUT2D eigenvalue weighted by Crippen LogP contribution is -2.15. The van der Waals surface area contributed by atoms with Crippen LogP contribution in [0.4, 0.5) is 0 Å². The molecule has 158 valence electrons. The molecule has 1 heterocycles. The molecule has 1 atom stereocenters. The maximum absolute atomic E-state index is 11.5. The van der Waals surface area contributed by atoms with Gasteiger partial charge in [-0.05, 0) is 52.9 Å². The number of rotatable bonds is 8. The van der Waals surface area contributed by atoms with E-state index in [1.165, 1.54) is 5.56 Å². The Labute approximate surface area is 180 Å². The Morgan fingerprint density at radius 3 is 2.48 bits per heavy atom. The molecular weight excluding hydrogens is 392 g/mol. The minimum atomic E-state index is -0.457. The molecule has 0 fully saturated rings. The third-order valence-electron chi connectivity index (χ3n) is 5.54. The number of fused-ring (bicyclic) bond motifs is 1. The first-order valence-corrected chi connectivity index (χ1v) is 10.1. The number of aromatic nitrogens is 1. The first-order chi connectivity index (χ1) is 15.1. The van der Waals surface area contributed by atoms with Crippen molar-refractivity contribution < 1.29 is 14.4 Å². The fourth-order valence-corrected chi connectivity index (χ4v) is 4.00. The van der Waals surface area contributed by atoms with Crippen LogP contribution in [0, 0.1) is 10.1 Å². The molecule has 6 heteroatoms. The lowest BCUT2D eigenvalue weighted by molar-refractivity contribution is -0.481. The van der Waals surface area contributed by atoms with Crippen molar-refractivity contribution in [3.63, 3.8) is 0 Å². The summed E-state index contributed by atoms with van der Waals surface area (Å²) in [6, 6.07) is 23.7. The van der Waals surface area contributed by atoms with Crippen LogP contribution in [0.2, 0.25) is 0 Å². The summed E-state index contributed by atoms with van der Waals surface area (Å²) in [5.41, 5.74) is 3.91. The van der Waals surface area contributed by atoms with E-state index in [0.717, 1.165) is 28.6 Å². The third-order valence-corrected chi connectivity index (χ3v) is 5.54. The first kappa shape index (κ1) is 20.5. The fraction of sp³-hybridized carbons (Fsp3) is 0.200. The molecular formula is C25H24N2O4. The Bertz CT molecular complexity index is 1200. The molecule has 0 bridgehead atoms. The average molecular weight is 416 g/mol. The monoisotopic (exact) mass is 416 g/mol. The topological polar surface area (TPSA) is 66.5 Å². The molecule has 0 radical (unpaired) electrons. The molecule has 0 aliphatic rings. The molecule has 4 rings (SSSR count). The average Bonchev–Trinajstić information content (AvgIpc) is 3.19. The maximum atomic E-state index is 11.5. The van der Waals surface area contributed by atoms with E-state index in [0.29, 0.717) is 11.5 Å². The smallest absolute Gasteiger partial charge is 0.214 e. The molecule has 31 heavy (non-hydrogen) atoms. The number of nitro groups is 1. The molecule has 6 nitrogen and oxygen atoms in total. The molecule has 0 spiro atoms. The van der Waals surface area contributed by atoms with Gasteiger partial charge in [0.1, 0.15) is 11.5 Å². The quantitative estimate of drug-likeness (QED) is 0.296. The zero-order valence-corrected chi connectivity index (χ0v) is 17.5. The summed E-state index contributed by atoms with van der Waals surface area (Å²) in [6.45, 7) is 0.533. The van der Waals surface area contributed by atoms with Crippen molar-refractivity contribution in [1.29, 1.82) is 0 Å². The molecule has 0 aliphatic carbocycles. The molecule has 4 aromatic rings. The highest BCUT2D eigenvalue weighted by Gasteiger charge is 2.25. The van der Waals surface area contributed by atoms with E-state index < -0.39 is 5.92 Å². The minimum absolute atomic E-state index is 0.236. The number of benzene rings is 3. The van der Waals surface area contributed by atoms with Crippen LogP contribution < -0.4 is 9.47 Å². The van der Waals surface area contributed by atoms with Gasteiger partial charge in [-0.1, -0.05) is 36.4 Å². The predicted octanol–water partition coefficient (Wildman–Crippen LogP) is 5.12. The summed E-state index contributed by atoms with van der Waals surface area (Å²) in [7, 11) is 3.15. The summed E-state index contributed by atoms with van der Waals surface area (Å²) in [5.74, 6) is 0.788. The van der Waals surface area contributed by atoms with Crippen LogP contribution in [0.1, 0.15) is 22.6 Å². The lowest BCUT2D eigenvalue weighted by Gasteiger charge is -2.18. The maximum Gasteiger partial charge on any atom is 0.214 e. The number of hydrogen-bond donors (Lipinski definition) is 0. The normalized spacial score (nSPS) is 11.9. The van der Waals surface area contributed by atoms with Crippen LogP contribution in [0.25, 0.3) is 10.9 Å². The first-order valence-electron chi connectivity index (χ1n) is 10.1. The van der Waals surface area contributed by atoms with Crippen molar-refractivity contribution >= 4 is 10.9 Å². The van der Waals surface area contributed by atoms with Crippen molar-refractivity contribution in [2.24, 2.45) is 0 Å². The number of hydrogen-bond acceptors (Lipinski definition) is 4. The van der Waals surface area contributed by atoms with Gasteiger partial charge in [0.2, 0.25) is 6.54 Å². The van der Waals surface area contributed by atoms with Gasteiger partial charge in [0.05, 0.1) is 20.1 Å². The summed E-state index contributed by atoms with van der Waals surface area (Å²) in [4.78, 5) is 11.2. The summed E-state index contributed by atoms with van der Waals surface area (Å²) >= 11 is 0. The van der Waals surface area contributed by atoms with Crippen molar-refractivity contribution in [1.82, 2.24) is 4.57 Å². The second-order valence-corrected chi connectivity index (χ2v) is 7.42. The van der Waals surface area contributed by atoms with Gasteiger partial charge in [-0.25, -0.2) is 0 Å². The Morgan fingerprint density at radius 1 is 0.968 bits per heavy atom. The minimum Gasteiger partial charge on any atom is -0.497 e. The van der Waals surface area contributed by atoms with Crippen molar-refractivity contribution in [2.45, 2.75) is 12.5 Å². The van der Waals surface area contributed by atoms with Crippen LogP contribution in [0.5, 0.6) is 11.5 Å². The van der Waals surface area contributed by atoms with Gasteiger partial charge < -0.3 is 14.0 Å². The lowest BCUT2D eigenvalue weighted by atomic mass is 9.89. The molecule has 1 unspecified atom stereocenters. The highest BCUT2D eigenvalue weighted by Crippen LogP contribution is 2.36. The van der Waals surface area contributed by atoms with Gasteiger partial charge in [-0.15, -0.1) is 0 Å². The number of nitrogens with zero attached hydrogens (tertiary/aromatic N) is 2. The Morgan fingerprint density at radius 2 is 1.77 bits per heavy atom. The van der Waals surface area contributed by atoms with Gasteiger partial charge in [-0.2, -0.15) is 0 Å². The van der Waals surface area contributed by atoms with E-state index in [1.54, 1.807) is 26.4 Å². The molecule has 0 saturated carbocycles. The highest BCUT2D eigenvalue weighted by atomic mass is 16.6. The standard InChI is InChI=1S/C25H24N2O4/c1-30-21-9-11-25(31-2)22(15-21)23(17-27(28)29)19-8-10-24-20(14-19)12-13-26(24)16-18-6-4-3-5-7-18/h3-15,23H,16-17H2,1-2H3. The Kier molecular flexibility index (Phi) is 5.89. The van der Waals surface area contributed by atoms with Crippen LogP contribution in [0.3, 0.4) is 0 Å². The van der Waals surface area contributed by atoms with E-state index in [2.05, 4.69) is 22.9 Å². The number of ether oxygens (including phenoxy) is 2. The van der Waals surface area contributed by atoms with Gasteiger partial charge in [0, 0.05) is 28.7 Å². The summed E-state index contributed by atoms with van der Waals surface area (Å²) in [6.07, 6.45) is 2.05. The molecule has 0 N–H and O–H groups in total. The van der Waals surface area contributed by atoms with Crippen molar-refractivity contribution in [2.75, 3.05) is 20.8 Å². The third kappa shape index (κ3) is 4.38. The van der Waals surface area contributed by atoms with Gasteiger partial charge in [-0.3, -0.25) is 10.1 Å². The summed E-state index contributed by atoms with van der Waals surface area (Å²) in [5, 5.41) is 12.6. The molecule has 0 amide bonds. The second-order valence-electron chi connectivity index (χ2n) is 7.42. The second kappa shape index (κ2) is 8.92. The SMILES string of the molecule is COc1ccc(OC)c(C(C[N+](=O)[O-])c2ccc3c(ccn3Cc3ccccc3)c2)c1. The van der Waals surface area contributed by atoms with E-state index in [-0.39, 0.29) is 11.5 Å². The van der Waals surface area contributed by atoms with Gasteiger partial charge >= 0.3 is 0 Å². The van der Waals surface area contributed by atoms with E-state index in [4.69, 9.17) is 9.47 Å². The van der Waals surface area contributed by atoms with E-state index in [1.807, 2.05) is 48.5 Å².